The molecule has 4 rings (SSSR count). The Hall–Kier alpha value is -0.520. The van der Waals surface area contributed by atoms with E-state index in [1.165, 1.54) is 63.4 Å². The minimum Gasteiger partial charge on any atom is -0.102 e. The van der Waals surface area contributed by atoms with Crippen LogP contribution < -0.4 is 0 Å². The summed E-state index contributed by atoms with van der Waals surface area (Å²) in [5, 5.41) is 0. The summed E-state index contributed by atoms with van der Waals surface area (Å²) in [6.45, 7) is 14.0. The Labute approximate surface area is 137 Å². The summed E-state index contributed by atoms with van der Waals surface area (Å²) in [5.41, 5.74) is 2.45. The molecule has 4 saturated carbocycles. The Morgan fingerprint density at radius 3 is 2.64 bits per heavy atom. The molecule has 4 aliphatic carbocycles. The molecule has 0 aromatic rings. The highest BCUT2D eigenvalue weighted by Crippen LogP contribution is 2.68. The Bertz CT molecular complexity index is 488. The number of hydrogen-bond acceptors (Lipinski definition) is 0. The van der Waals surface area contributed by atoms with E-state index in [9.17, 15) is 0 Å². The van der Waals surface area contributed by atoms with Crippen molar-refractivity contribution in [3.8, 4) is 0 Å². The van der Waals surface area contributed by atoms with E-state index in [1.807, 2.05) is 0 Å². The van der Waals surface area contributed by atoms with Crippen LogP contribution in [0.25, 0.3) is 0 Å². The number of rotatable bonds is 1. The maximum absolute atomic E-state index is 4.47. The van der Waals surface area contributed by atoms with E-state index < -0.39 is 0 Å². The molecule has 7 atom stereocenters. The molecule has 0 heterocycles. The largest absolute Gasteiger partial charge is 0.102 e. The van der Waals surface area contributed by atoms with Crippen LogP contribution in [0.3, 0.4) is 0 Å². The Balaban J connectivity index is 1.71. The van der Waals surface area contributed by atoms with Crippen molar-refractivity contribution in [3.05, 3.63) is 24.8 Å². The molecule has 4 aliphatic rings. The van der Waals surface area contributed by atoms with Gasteiger partial charge in [-0.3, -0.25) is 0 Å². The van der Waals surface area contributed by atoms with Crippen LogP contribution in [0.15, 0.2) is 24.8 Å². The van der Waals surface area contributed by atoms with Crippen molar-refractivity contribution in [2.75, 3.05) is 0 Å². The molecule has 0 amide bonds. The first-order chi connectivity index (χ1) is 10.5. The third-order valence-corrected chi connectivity index (χ3v) is 8.85. The van der Waals surface area contributed by atoms with Crippen molar-refractivity contribution in [2.24, 2.45) is 40.4 Å². The van der Waals surface area contributed by atoms with E-state index in [0.717, 1.165) is 29.6 Å². The van der Waals surface area contributed by atoms with Crippen molar-refractivity contribution < 1.29 is 0 Å². The fourth-order valence-electron chi connectivity index (χ4n) is 7.85. The minimum absolute atomic E-state index is 0.304. The van der Waals surface area contributed by atoms with Crippen LogP contribution in [0, 0.1) is 40.4 Å². The van der Waals surface area contributed by atoms with Gasteiger partial charge in [-0.15, -0.1) is 6.58 Å². The molecule has 0 aromatic heterocycles. The maximum atomic E-state index is 4.47. The van der Waals surface area contributed by atoms with E-state index >= 15 is 0 Å². The average molecular weight is 299 g/mol. The maximum Gasteiger partial charge on any atom is 0.0117 e. The molecule has 0 radical (unpaired) electrons. The molecular weight excluding hydrogens is 264 g/mol. The van der Waals surface area contributed by atoms with Gasteiger partial charge in [0.05, 0.1) is 0 Å². The quantitative estimate of drug-likeness (QED) is 0.492. The number of fused-ring (bicyclic) bond motifs is 5. The van der Waals surface area contributed by atoms with Crippen molar-refractivity contribution in [1.29, 1.82) is 0 Å². The summed E-state index contributed by atoms with van der Waals surface area (Å²) in [6, 6.07) is 0. The topological polar surface area (TPSA) is 0 Å². The minimum atomic E-state index is 0.304. The van der Waals surface area contributed by atoms with Crippen molar-refractivity contribution in [2.45, 2.75) is 71.6 Å². The number of hydrogen-bond donors (Lipinski definition) is 0. The molecule has 0 heteroatoms. The van der Waals surface area contributed by atoms with Gasteiger partial charge >= 0.3 is 0 Å². The molecular formula is C22H34. The highest BCUT2D eigenvalue weighted by Gasteiger charge is 2.60. The van der Waals surface area contributed by atoms with Crippen molar-refractivity contribution >= 4 is 0 Å². The van der Waals surface area contributed by atoms with Gasteiger partial charge in [0.25, 0.3) is 0 Å². The first kappa shape index (κ1) is 15.0. The van der Waals surface area contributed by atoms with Crippen LogP contribution in [0.4, 0.5) is 0 Å². The molecule has 0 nitrogen and oxygen atoms in total. The molecule has 0 N–H and O–H groups in total. The van der Waals surface area contributed by atoms with E-state index in [4.69, 9.17) is 0 Å². The highest BCUT2D eigenvalue weighted by molar-refractivity contribution is 5.28. The summed E-state index contributed by atoms with van der Waals surface area (Å²) in [7, 11) is 0. The molecule has 0 aromatic carbocycles. The lowest BCUT2D eigenvalue weighted by atomic mass is 9.43. The van der Waals surface area contributed by atoms with Gasteiger partial charge in [-0.05, 0) is 80.0 Å². The Morgan fingerprint density at radius 1 is 1.05 bits per heavy atom. The summed E-state index contributed by atoms with van der Waals surface area (Å²) >= 11 is 0. The summed E-state index contributed by atoms with van der Waals surface area (Å²) < 4.78 is 0. The molecule has 0 aliphatic heterocycles. The van der Waals surface area contributed by atoms with E-state index in [1.54, 1.807) is 0 Å². The SMILES string of the molecule is C=CC12CCC3C(CC(C)C4CCCCC43C)C1CCC2=C. The number of allylic oxidation sites excluding steroid dienone is 2. The molecule has 22 heavy (non-hydrogen) atoms. The lowest BCUT2D eigenvalue weighted by Crippen LogP contribution is -2.54. The molecule has 122 valence electrons. The Kier molecular flexibility index (Phi) is 3.41. The lowest BCUT2D eigenvalue weighted by molar-refractivity contribution is -0.116. The van der Waals surface area contributed by atoms with Crippen LogP contribution in [-0.4, -0.2) is 0 Å². The zero-order valence-corrected chi connectivity index (χ0v) is 14.7. The third kappa shape index (κ3) is 1.76. The molecule has 0 saturated heterocycles. The van der Waals surface area contributed by atoms with Crippen LogP contribution >= 0.6 is 0 Å². The second kappa shape index (κ2) is 4.99. The van der Waals surface area contributed by atoms with E-state index in [-0.39, 0.29) is 0 Å². The smallest absolute Gasteiger partial charge is 0.0117 e. The van der Waals surface area contributed by atoms with Gasteiger partial charge in [0.1, 0.15) is 0 Å². The normalized spacial score (nSPS) is 54.3. The van der Waals surface area contributed by atoms with E-state index in [0.29, 0.717) is 10.8 Å². The van der Waals surface area contributed by atoms with Gasteiger partial charge in [-0.1, -0.05) is 44.9 Å². The second-order valence-corrected chi connectivity index (χ2v) is 9.37. The van der Waals surface area contributed by atoms with Gasteiger partial charge in [-0.25, -0.2) is 0 Å². The zero-order valence-electron chi connectivity index (χ0n) is 14.7. The second-order valence-electron chi connectivity index (χ2n) is 9.37. The first-order valence-corrected chi connectivity index (χ1v) is 9.85. The lowest BCUT2D eigenvalue weighted by Gasteiger charge is -2.62. The van der Waals surface area contributed by atoms with Crippen molar-refractivity contribution in [3.63, 3.8) is 0 Å². The summed E-state index contributed by atoms with van der Waals surface area (Å²) in [5.74, 6) is 4.72. The molecule has 4 fully saturated rings. The van der Waals surface area contributed by atoms with Gasteiger partial charge in [0.15, 0.2) is 0 Å². The van der Waals surface area contributed by atoms with Crippen LogP contribution in [0.2, 0.25) is 0 Å². The summed E-state index contributed by atoms with van der Waals surface area (Å²) in [4.78, 5) is 0. The molecule has 0 bridgehead atoms. The standard InChI is InChI=1S/C22H34/c1-5-22-13-11-19-17(20(22)10-9-16(22)3)14-15(2)18-8-6-7-12-21(18,19)4/h5,15,17-20H,1,3,6-14H2,2,4H3. The van der Waals surface area contributed by atoms with Gasteiger partial charge in [0.2, 0.25) is 0 Å². The van der Waals surface area contributed by atoms with Gasteiger partial charge in [0, 0.05) is 5.41 Å². The first-order valence-electron chi connectivity index (χ1n) is 9.85. The summed E-state index contributed by atoms with van der Waals surface area (Å²) in [6.07, 6.45) is 15.2. The monoisotopic (exact) mass is 298 g/mol. The average Bonchev–Trinajstić information content (AvgIpc) is 2.85. The predicted molar refractivity (Wildman–Crippen MR) is 94.6 cm³/mol. The van der Waals surface area contributed by atoms with Crippen molar-refractivity contribution in [1.82, 2.24) is 0 Å². The Morgan fingerprint density at radius 2 is 1.86 bits per heavy atom. The van der Waals surface area contributed by atoms with E-state index in [2.05, 4.69) is 33.1 Å². The molecule has 0 spiro atoms. The predicted octanol–water partition coefficient (Wildman–Crippen LogP) is 6.39. The fourth-order valence-corrected chi connectivity index (χ4v) is 7.85. The highest BCUT2D eigenvalue weighted by atomic mass is 14.6. The zero-order chi connectivity index (χ0) is 15.5. The van der Waals surface area contributed by atoms with Gasteiger partial charge in [-0.2, -0.15) is 0 Å². The fraction of sp³-hybridized carbons (Fsp3) is 0.818. The van der Waals surface area contributed by atoms with Crippen LogP contribution in [-0.2, 0) is 0 Å². The molecule has 7 unspecified atom stereocenters. The third-order valence-electron chi connectivity index (χ3n) is 8.85. The van der Waals surface area contributed by atoms with Gasteiger partial charge < -0.3 is 0 Å². The van der Waals surface area contributed by atoms with Crippen LogP contribution in [0.5, 0.6) is 0 Å². The van der Waals surface area contributed by atoms with Crippen LogP contribution in [0.1, 0.15) is 71.6 Å².